The number of nitro benzene ring substituents is 1. The number of nitro groups is 1. The van der Waals surface area contributed by atoms with Crippen LogP contribution in [0.25, 0.3) is 0 Å². The molecule has 20 heavy (non-hydrogen) atoms. The molecule has 0 radical (unpaired) electrons. The summed E-state index contributed by atoms with van der Waals surface area (Å²) in [6.45, 7) is 1.71. The molecule has 0 aliphatic rings. The van der Waals surface area contributed by atoms with E-state index in [9.17, 15) is 18.5 Å². The van der Waals surface area contributed by atoms with E-state index >= 15 is 0 Å². The summed E-state index contributed by atoms with van der Waals surface area (Å²) >= 11 is 0. The third kappa shape index (κ3) is 3.03. The van der Waals surface area contributed by atoms with E-state index in [1.807, 2.05) is 0 Å². The lowest BCUT2D eigenvalue weighted by Gasteiger charge is -2.08. The molecule has 2 aromatic rings. The van der Waals surface area contributed by atoms with Crippen LogP contribution in [0, 0.1) is 17.0 Å². The van der Waals surface area contributed by atoms with Gasteiger partial charge in [-0.25, -0.2) is 13.1 Å². The lowest BCUT2D eigenvalue weighted by atomic mass is 10.2. The largest absolute Gasteiger partial charge is 0.367 e. The van der Waals surface area contributed by atoms with Gasteiger partial charge in [-0.3, -0.25) is 10.1 Å². The second-order valence-electron chi connectivity index (χ2n) is 4.25. The molecular weight excluding hydrogens is 282 g/mol. The Hall–Kier alpha value is -2.19. The van der Waals surface area contributed by atoms with Gasteiger partial charge in [0.2, 0.25) is 10.0 Å². The van der Waals surface area contributed by atoms with Crippen molar-refractivity contribution in [3.05, 3.63) is 57.9 Å². The van der Waals surface area contributed by atoms with Crippen molar-refractivity contribution in [2.24, 2.45) is 0 Å². The Balaban J connectivity index is 2.28. The molecule has 0 amide bonds. The summed E-state index contributed by atoms with van der Waals surface area (Å²) in [4.78, 5) is 12.8. The Morgan fingerprint density at radius 2 is 2.10 bits per heavy atom. The van der Waals surface area contributed by atoms with Crippen LogP contribution in [0.5, 0.6) is 0 Å². The van der Waals surface area contributed by atoms with Gasteiger partial charge in [0.05, 0.1) is 9.82 Å². The third-order valence-electron chi connectivity index (χ3n) is 2.80. The molecule has 8 heteroatoms. The number of aromatic nitrogens is 1. The number of sulfonamides is 1. The number of hydrogen-bond donors (Lipinski definition) is 2. The number of aryl methyl sites for hydroxylation is 1. The SMILES string of the molecule is Cc1ccc([N+](=O)[O-])cc1S(=O)(=O)NCc1cc[nH]c1. The molecular formula is C12H13N3O4S. The van der Waals surface area contributed by atoms with Gasteiger partial charge in [-0.1, -0.05) is 6.07 Å². The van der Waals surface area contributed by atoms with E-state index in [4.69, 9.17) is 0 Å². The molecule has 0 saturated heterocycles. The molecule has 2 N–H and O–H groups in total. The summed E-state index contributed by atoms with van der Waals surface area (Å²) in [7, 11) is -3.79. The first-order valence-corrected chi connectivity index (χ1v) is 7.25. The summed E-state index contributed by atoms with van der Waals surface area (Å²) < 4.78 is 26.8. The zero-order chi connectivity index (χ0) is 14.8. The number of aromatic amines is 1. The number of benzene rings is 1. The van der Waals surface area contributed by atoms with E-state index in [0.29, 0.717) is 5.56 Å². The Bertz CT molecular complexity index is 723. The fraction of sp³-hybridized carbons (Fsp3) is 0.167. The van der Waals surface area contributed by atoms with Gasteiger partial charge in [0.1, 0.15) is 0 Å². The van der Waals surface area contributed by atoms with Crippen molar-refractivity contribution in [1.29, 1.82) is 0 Å². The summed E-state index contributed by atoms with van der Waals surface area (Å²) in [5, 5.41) is 10.7. The molecule has 106 valence electrons. The Labute approximate surface area is 115 Å². The van der Waals surface area contributed by atoms with Crippen molar-refractivity contribution in [3.8, 4) is 0 Å². The van der Waals surface area contributed by atoms with Gasteiger partial charge >= 0.3 is 0 Å². The van der Waals surface area contributed by atoms with Crippen molar-refractivity contribution >= 4 is 15.7 Å². The van der Waals surface area contributed by atoms with Gasteiger partial charge in [-0.2, -0.15) is 0 Å². The van der Waals surface area contributed by atoms with E-state index in [0.717, 1.165) is 11.6 Å². The number of nitrogens with one attached hydrogen (secondary N) is 2. The number of H-pyrrole nitrogens is 1. The van der Waals surface area contributed by atoms with Gasteiger partial charge in [-0.15, -0.1) is 0 Å². The molecule has 0 bridgehead atoms. The summed E-state index contributed by atoms with van der Waals surface area (Å²) in [5.74, 6) is 0. The lowest BCUT2D eigenvalue weighted by Crippen LogP contribution is -2.23. The summed E-state index contributed by atoms with van der Waals surface area (Å²) in [6, 6.07) is 5.50. The summed E-state index contributed by atoms with van der Waals surface area (Å²) in [5.41, 5.74) is 0.978. The Morgan fingerprint density at radius 3 is 2.70 bits per heavy atom. The first-order chi connectivity index (χ1) is 9.40. The third-order valence-corrected chi connectivity index (χ3v) is 4.34. The van der Waals surface area contributed by atoms with Gasteiger partial charge in [0.25, 0.3) is 5.69 Å². The van der Waals surface area contributed by atoms with Gasteiger partial charge < -0.3 is 4.98 Å². The van der Waals surface area contributed by atoms with E-state index in [1.54, 1.807) is 25.4 Å². The maximum Gasteiger partial charge on any atom is 0.270 e. The minimum Gasteiger partial charge on any atom is -0.367 e. The zero-order valence-electron chi connectivity index (χ0n) is 10.7. The molecule has 1 aromatic heterocycles. The van der Waals surface area contributed by atoms with Crippen molar-refractivity contribution < 1.29 is 13.3 Å². The highest BCUT2D eigenvalue weighted by atomic mass is 32.2. The molecule has 0 spiro atoms. The van der Waals surface area contributed by atoms with Crippen molar-refractivity contribution in [2.45, 2.75) is 18.4 Å². The van der Waals surface area contributed by atoms with Crippen LogP contribution in [0.15, 0.2) is 41.6 Å². The molecule has 7 nitrogen and oxygen atoms in total. The van der Waals surface area contributed by atoms with Gasteiger partial charge in [0, 0.05) is 31.1 Å². The molecule has 2 rings (SSSR count). The monoisotopic (exact) mass is 295 g/mol. The number of non-ortho nitro benzene ring substituents is 1. The maximum atomic E-state index is 12.2. The Kier molecular flexibility index (Phi) is 3.86. The van der Waals surface area contributed by atoms with Crippen LogP contribution in [0.2, 0.25) is 0 Å². The minimum absolute atomic E-state index is 0.0813. The fourth-order valence-electron chi connectivity index (χ4n) is 1.72. The Morgan fingerprint density at radius 1 is 1.35 bits per heavy atom. The zero-order valence-corrected chi connectivity index (χ0v) is 11.5. The van der Waals surface area contributed by atoms with Crippen molar-refractivity contribution in [1.82, 2.24) is 9.71 Å². The maximum absolute atomic E-state index is 12.2. The molecule has 0 unspecified atom stereocenters. The molecule has 0 aliphatic heterocycles. The average Bonchev–Trinajstić information content (AvgIpc) is 2.89. The smallest absolute Gasteiger partial charge is 0.270 e. The second kappa shape index (κ2) is 5.43. The predicted molar refractivity (Wildman–Crippen MR) is 72.7 cm³/mol. The molecule has 0 atom stereocenters. The van der Waals surface area contributed by atoms with Gasteiger partial charge in [0.15, 0.2) is 0 Å². The second-order valence-corrected chi connectivity index (χ2v) is 5.99. The van der Waals surface area contributed by atoms with Crippen LogP contribution in [0.4, 0.5) is 5.69 Å². The highest BCUT2D eigenvalue weighted by molar-refractivity contribution is 7.89. The van der Waals surface area contributed by atoms with E-state index in [1.165, 1.54) is 12.1 Å². The number of nitrogens with zero attached hydrogens (tertiary/aromatic N) is 1. The van der Waals surface area contributed by atoms with Crippen LogP contribution >= 0.6 is 0 Å². The molecule has 0 aliphatic carbocycles. The van der Waals surface area contributed by atoms with Gasteiger partial charge in [-0.05, 0) is 24.1 Å². The molecule has 1 heterocycles. The topological polar surface area (TPSA) is 105 Å². The lowest BCUT2D eigenvalue weighted by molar-refractivity contribution is -0.385. The first-order valence-electron chi connectivity index (χ1n) is 5.76. The molecule has 0 saturated carbocycles. The number of rotatable bonds is 5. The minimum atomic E-state index is -3.79. The predicted octanol–water partition coefficient (Wildman–Crippen LogP) is 1.71. The molecule has 0 fully saturated rings. The van der Waals surface area contributed by atoms with E-state index < -0.39 is 14.9 Å². The van der Waals surface area contributed by atoms with Crippen LogP contribution in [0.3, 0.4) is 0 Å². The van der Waals surface area contributed by atoms with E-state index in [-0.39, 0.29) is 17.1 Å². The van der Waals surface area contributed by atoms with Crippen LogP contribution in [0.1, 0.15) is 11.1 Å². The normalized spacial score (nSPS) is 11.4. The summed E-state index contributed by atoms with van der Waals surface area (Å²) in [6.07, 6.45) is 3.35. The quantitative estimate of drug-likeness (QED) is 0.647. The number of hydrogen-bond acceptors (Lipinski definition) is 4. The highest BCUT2D eigenvalue weighted by Gasteiger charge is 2.20. The van der Waals surface area contributed by atoms with Crippen LogP contribution < -0.4 is 4.72 Å². The fourth-order valence-corrected chi connectivity index (χ4v) is 3.00. The molecule has 1 aromatic carbocycles. The van der Waals surface area contributed by atoms with Crippen LogP contribution in [-0.2, 0) is 16.6 Å². The first kappa shape index (κ1) is 14.2. The highest BCUT2D eigenvalue weighted by Crippen LogP contribution is 2.21. The van der Waals surface area contributed by atoms with Crippen LogP contribution in [-0.4, -0.2) is 18.3 Å². The van der Waals surface area contributed by atoms with E-state index in [2.05, 4.69) is 9.71 Å². The van der Waals surface area contributed by atoms with Crippen molar-refractivity contribution in [3.63, 3.8) is 0 Å². The van der Waals surface area contributed by atoms with Crippen molar-refractivity contribution in [2.75, 3.05) is 0 Å². The standard InChI is InChI=1S/C12H13N3O4S/c1-9-2-3-11(15(16)17)6-12(9)20(18,19)14-8-10-4-5-13-7-10/h2-7,13-14H,8H2,1H3. The average molecular weight is 295 g/mol.